The van der Waals surface area contributed by atoms with Crippen molar-refractivity contribution in [3.63, 3.8) is 0 Å². The topological polar surface area (TPSA) is 81.5 Å². The lowest BCUT2D eigenvalue weighted by molar-refractivity contribution is -0.386. The largest absolute Gasteiger partial charge is 0.474 e. The Bertz CT molecular complexity index is 471. The first-order chi connectivity index (χ1) is 8.58. The zero-order chi connectivity index (χ0) is 13.1. The van der Waals surface area contributed by atoms with Gasteiger partial charge in [-0.15, -0.1) is 0 Å². The van der Waals surface area contributed by atoms with E-state index >= 15 is 0 Å². The maximum Gasteiger partial charge on any atom is 0.310 e. The van der Waals surface area contributed by atoms with Crippen LogP contribution in [0.25, 0.3) is 0 Å². The molecule has 1 atom stereocenters. The third kappa shape index (κ3) is 2.97. The summed E-state index contributed by atoms with van der Waals surface area (Å²) < 4.78 is 5.34. The Morgan fingerprint density at radius 2 is 2.17 bits per heavy atom. The molecule has 0 bridgehead atoms. The Kier molecular flexibility index (Phi) is 3.45. The van der Waals surface area contributed by atoms with Gasteiger partial charge in [0, 0.05) is 12.1 Å². The van der Waals surface area contributed by atoms with Crippen molar-refractivity contribution in [3.05, 3.63) is 34.4 Å². The summed E-state index contributed by atoms with van der Waals surface area (Å²) in [5, 5.41) is 13.6. The van der Waals surface area contributed by atoms with Crippen LogP contribution < -0.4 is 10.1 Å². The lowest BCUT2D eigenvalue weighted by Crippen LogP contribution is -2.37. The summed E-state index contributed by atoms with van der Waals surface area (Å²) in [5.74, 6) is -0.128. The van der Waals surface area contributed by atoms with Crippen molar-refractivity contribution in [1.82, 2.24) is 5.32 Å². The number of nitro benzene ring substituents is 1. The minimum absolute atomic E-state index is 0.112. The SMILES string of the molecule is C[C@@H](Oc1ccccc1[N+](=O)[O-])C(=O)NC1CC1. The van der Waals surface area contributed by atoms with E-state index in [0.717, 1.165) is 12.8 Å². The number of hydrogen-bond donors (Lipinski definition) is 1. The highest BCUT2D eigenvalue weighted by Crippen LogP contribution is 2.27. The molecule has 6 nitrogen and oxygen atoms in total. The van der Waals surface area contributed by atoms with Crippen LogP contribution in [0.15, 0.2) is 24.3 Å². The predicted molar refractivity (Wildman–Crippen MR) is 64.4 cm³/mol. The smallest absolute Gasteiger partial charge is 0.310 e. The highest BCUT2D eigenvalue weighted by atomic mass is 16.6. The summed E-state index contributed by atoms with van der Waals surface area (Å²) in [6.07, 6.45) is 1.24. The second kappa shape index (κ2) is 5.03. The highest BCUT2D eigenvalue weighted by molar-refractivity contribution is 5.81. The Hall–Kier alpha value is -2.11. The van der Waals surface area contributed by atoms with Crippen LogP contribution in [-0.2, 0) is 4.79 Å². The third-order valence-corrected chi connectivity index (χ3v) is 2.66. The van der Waals surface area contributed by atoms with Crippen LogP contribution in [-0.4, -0.2) is 23.0 Å². The van der Waals surface area contributed by atoms with E-state index in [1.165, 1.54) is 12.1 Å². The van der Waals surface area contributed by atoms with Crippen LogP contribution in [0.1, 0.15) is 19.8 Å². The number of amides is 1. The molecule has 18 heavy (non-hydrogen) atoms. The first-order valence-electron chi connectivity index (χ1n) is 5.78. The second-order valence-electron chi connectivity index (χ2n) is 4.27. The molecule has 96 valence electrons. The fourth-order valence-electron chi connectivity index (χ4n) is 1.50. The lowest BCUT2D eigenvalue weighted by atomic mass is 10.3. The van der Waals surface area contributed by atoms with Gasteiger partial charge >= 0.3 is 5.69 Å². The van der Waals surface area contributed by atoms with Gasteiger partial charge in [-0.25, -0.2) is 0 Å². The van der Waals surface area contributed by atoms with E-state index in [0.29, 0.717) is 0 Å². The van der Waals surface area contributed by atoms with Crippen LogP contribution in [0.2, 0.25) is 0 Å². The third-order valence-electron chi connectivity index (χ3n) is 2.66. The van der Waals surface area contributed by atoms with Gasteiger partial charge in [0.1, 0.15) is 0 Å². The number of hydrogen-bond acceptors (Lipinski definition) is 4. The number of benzene rings is 1. The summed E-state index contributed by atoms with van der Waals surface area (Å²) in [6.45, 7) is 1.58. The number of rotatable bonds is 5. The van der Waals surface area contributed by atoms with Gasteiger partial charge in [0.15, 0.2) is 11.9 Å². The molecule has 0 heterocycles. The fraction of sp³-hybridized carbons (Fsp3) is 0.417. The first-order valence-corrected chi connectivity index (χ1v) is 5.78. The Labute approximate surface area is 104 Å². The van der Waals surface area contributed by atoms with Crippen LogP contribution >= 0.6 is 0 Å². The molecule has 1 saturated carbocycles. The fourth-order valence-corrected chi connectivity index (χ4v) is 1.50. The van der Waals surface area contributed by atoms with Gasteiger partial charge in [-0.05, 0) is 25.8 Å². The molecule has 0 radical (unpaired) electrons. The molecule has 1 fully saturated rings. The van der Waals surface area contributed by atoms with Crippen molar-refractivity contribution < 1.29 is 14.5 Å². The van der Waals surface area contributed by atoms with Gasteiger partial charge in [0.2, 0.25) is 0 Å². The van der Waals surface area contributed by atoms with Gasteiger partial charge in [-0.2, -0.15) is 0 Å². The summed E-state index contributed by atoms with van der Waals surface area (Å²) >= 11 is 0. The van der Waals surface area contributed by atoms with Crippen molar-refractivity contribution in [3.8, 4) is 5.75 Å². The molecule has 1 aromatic carbocycles. The minimum atomic E-state index is -0.744. The van der Waals surface area contributed by atoms with Crippen molar-refractivity contribution in [1.29, 1.82) is 0 Å². The van der Waals surface area contributed by atoms with Gasteiger partial charge in [-0.3, -0.25) is 14.9 Å². The van der Waals surface area contributed by atoms with Gasteiger partial charge in [0.25, 0.3) is 5.91 Å². The summed E-state index contributed by atoms with van der Waals surface area (Å²) in [5.41, 5.74) is -0.136. The number of nitro groups is 1. The van der Waals surface area contributed by atoms with Crippen LogP contribution in [0.4, 0.5) is 5.69 Å². The molecule has 0 saturated heterocycles. The van der Waals surface area contributed by atoms with Crippen molar-refractivity contribution >= 4 is 11.6 Å². The number of nitrogens with zero attached hydrogens (tertiary/aromatic N) is 1. The van der Waals surface area contributed by atoms with E-state index in [1.807, 2.05) is 0 Å². The van der Waals surface area contributed by atoms with E-state index in [9.17, 15) is 14.9 Å². The predicted octanol–water partition coefficient (Wildman–Crippen LogP) is 1.64. The Balaban J connectivity index is 2.03. The van der Waals surface area contributed by atoms with E-state index in [4.69, 9.17) is 4.74 Å². The number of carbonyl (C=O) groups is 1. The number of carbonyl (C=O) groups excluding carboxylic acids is 1. The van der Waals surface area contributed by atoms with Gasteiger partial charge in [0.05, 0.1) is 4.92 Å². The van der Waals surface area contributed by atoms with E-state index in [-0.39, 0.29) is 23.4 Å². The molecule has 1 aromatic rings. The molecule has 0 unspecified atom stereocenters. The molecular weight excluding hydrogens is 236 g/mol. The summed E-state index contributed by atoms with van der Waals surface area (Å²) in [4.78, 5) is 21.9. The zero-order valence-electron chi connectivity index (χ0n) is 9.96. The zero-order valence-corrected chi connectivity index (χ0v) is 9.96. The van der Waals surface area contributed by atoms with E-state index < -0.39 is 11.0 Å². The number of para-hydroxylation sites is 2. The standard InChI is InChI=1S/C12H14N2O4/c1-8(12(15)13-9-6-7-9)18-11-5-3-2-4-10(11)14(16)17/h2-5,8-9H,6-7H2,1H3,(H,13,15)/t8-/m1/s1. The molecule has 1 aliphatic carbocycles. The second-order valence-corrected chi connectivity index (χ2v) is 4.27. The van der Waals surface area contributed by atoms with E-state index in [2.05, 4.69) is 5.32 Å². The highest BCUT2D eigenvalue weighted by Gasteiger charge is 2.27. The van der Waals surface area contributed by atoms with Crippen LogP contribution in [0.3, 0.4) is 0 Å². The van der Waals surface area contributed by atoms with Crippen molar-refractivity contribution in [2.75, 3.05) is 0 Å². The molecular formula is C12H14N2O4. The van der Waals surface area contributed by atoms with Gasteiger partial charge < -0.3 is 10.1 Å². The van der Waals surface area contributed by atoms with Crippen molar-refractivity contribution in [2.45, 2.75) is 31.9 Å². The molecule has 1 aliphatic rings. The lowest BCUT2D eigenvalue weighted by Gasteiger charge is -2.14. The molecule has 0 spiro atoms. The first kappa shape index (κ1) is 12.3. The average Bonchev–Trinajstić information content (AvgIpc) is 3.13. The van der Waals surface area contributed by atoms with E-state index in [1.54, 1.807) is 19.1 Å². The van der Waals surface area contributed by atoms with Crippen LogP contribution in [0, 0.1) is 10.1 Å². The van der Waals surface area contributed by atoms with Gasteiger partial charge in [-0.1, -0.05) is 12.1 Å². The van der Waals surface area contributed by atoms with Crippen LogP contribution in [0.5, 0.6) is 5.75 Å². The molecule has 6 heteroatoms. The molecule has 2 rings (SSSR count). The molecule has 0 aliphatic heterocycles. The number of ether oxygens (including phenoxy) is 1. The summed E-state index contributed by atoms with van der Waals surface area (Å²) in [7, 11) is 0. The molecule has 0 aromatic heterocycles. The Morgan fingerprint density at radius 3 is 2.78 bits per heavy atom. The summed E-state index contributed by atoms with van der Waals surface area (Å²) in [6, 6.07) is 6.27. The molecule has 1 amide bonds. The quantitative estimate of drug-likeness (QED) is 0.636. The Morgan fingerprint density at radius 1 is 1.50 bits per heavy atom. The minimum Gasteiger partial charge on any atom is -0.474 e. The number of nitrogens with one attached hydrogen (secondary N) is 1. The van der Waals surface area contributed by atoms with Crippen molar-refractivity contribution in [2.24, 2.45) is 0 Å². The maximum atomic E-state index is 11.7. The normalized spacial score (nSPS) is 15.8. The average molecular weight is 250 g/mol. The maximum absolute atomic E-state index is 11.7. The monoisotopic (exact) mass is 250 g/mol. The molecule has 1 N–H and O–H groups in total.